The van der Waals surface area contributed by atoms with Crippen LogP contribution in [0.2, 0.25) is 0 Å². The smallest absolute Gasteiger partial charge is 0.243 e. The van der Waals surface area contributed by atoms with E-state index in [9.17, 15) is 9.59 Å². The van der Waals surface area contributed by atoms with Crippen molar-refractivity contribution >= 4 is 11.8 Å². The van der Waals surface area contributed by atoms with E-state index in [1.807, 2.05) is 26.0 Å². The number of likely N-dealkylation sites (tertiary alicyclic amines) is 1. The Bertz CT molecular complexity index is 595. The molecule has 5 heteroatoms. The molecule has 1 aliphatic heterocycles. The number of carbonyl (C=O) groups excluding carboxylic acids is 2. The van der Waals surface area contributed by atoms with Gasteiger partial charge in [-0.3, -0.25) is 9.59 Å². The van der Waals surface area contributed by atoms with Crippen molar-refractivity contribution < 1.29 is 9.59 Å². The first-order valence-corrected chi connectivity index (χ1v) is 9.24. The molecular formula is C20H31N3O2. The molecule has 1 aliphatic rings. The summed E-state index contributed by atoms with van der Waals surface area (Å²) in [5, 5.41) is 2.94. The van der Waals surface area contributed by atoms with E-state index in [0.717, 1.165) is 12.0 Å². The zero-order chi connectivity index (χ0) is 18.6. The van der Waals surface area contributed by atoms with Crippen LogP contribution in [0.25, 0.3) is 0 Å². The quantitative estimate of drug-likeness (QED) is 0.797. The molecule has 1 saturated heterocycles. The zero-order valence-corrected chi connectivity index (χ0v) is 15.8. The summed E-state index contributed by atoms with van der Waals surface area (Å²) in [6, 6.07) is 7.55. The molecule has 0 spiro atoms. The molecule has 2 amide bonds. The number of amides is 2. The fraction of sp³-hybridized carbons (Fsp3) is 0.600. The lowest BCUT2D eigenvalue weighted by molar-refractivity contribution is -0.139. The Balaban J connectivity index is 1.96. The third-order valence-corrected chi connectivity index (χ3v) is 4.87. The molecule has 2 unspecified atom stereocenters. The molecule has 1 aromatic carbocycles. The first-order chi connectivity index (χ1) is 11.8. The molecule has 0 bridgehead atoms. The minimum Gasteiger partial charge on any atom is -0.352 e. The van der Waals surface area contributed by atoms with Gasteiger partial charge in [0.1, 0.15) is 6.04 Å². The Labute approximate surface area is 151 Å². The Morgan fingerprint density at radius 2 is 1.76 bits per heavy atom. The van der Waals surface area contributed by atoms with Gasteiger partial charge >= 0.3 is 0 Å². The highest BCUT2D eigenvalue weighted by Gasteiger charge is 2.34. The van der Waals surface area contributed by atoms with Crippen LogP contribution in [-0.4, -0.2) is 35.8 Å². The lowest BCUT2D eigenvalue weighted by Gasteiger charge is -2.30. The summed E-state index contributed by atoms with van der Waals surface area (Å²) in [7, 11) is 0. The average Bonchev–Trinajstić information content (AvgIpc) is 2.98. The van der Waals surface area contributed by atoms with Crippen LogP contribution in [0.5, 0.6) is 0 Å². The number of nitrogens with one attached hydrogen (secondary N) is 1. The molecule has 1 fully saturated rings. The Hall–Kier alpha value is -1.88. The van der Waals surface area contributed by atoms with Crippen LogP contribution in [0.15, 0.2) is 24.3 Å². The van der Waals surface area contributed by atoms with Gasteiger partial charge in [0.25, 0.3) is 0 Å². The summed E-state index contributed by atoms with van der Waals surface area (Å²) in [6.07, 6.45) is 1.37. The van der Waals surface area contributed by atoms with Crippen LogP contribution in [0.4, 0.5) is 0 Å². The molecular weight excluding hydrogens is 314 g/mol. The normalized spacial score (nSPS) is 17.2. The van der Waals surface area contributed by atoms with Gasteiger partial charge < -0.3 is 16.0 Å². The van der Waals surface area contributed by atoms with Crippen molar-refractivity contribution in [3.63, 3.8) is 0 Å². The predicted molar refractivity (Wildman–Crippen MR) is 100 cm³/mol. The van der Waals surface area contributed by atoms with Crippen molar-refractivity contribution in [3.8, 4) is 0 Å². The second kappa shape index (κ2) is 8.48. The van der Waals surface area contributed by atoms with Crippen molar-refractivity contribution in [3.05, 3.63) is 35.4 Å². The van der Waals surface area contributed by atoms with Gasteiger partial charge in [-0.2, -0.15) is 0 Å². The molecule has 2 rings (SSSR count). The van der Waals surface area contributed by atoms with Crippen LogP contribution in [0.1, 0.15) is 63.6 Å². The van der Waals surface area contributed by atoms with Gasteiger partial charge in [-0.05, 0) is 29.4 Å². The summed E-state index contributed by atoms with van der Waals surface area (Å²) in [6.45, 7) is 9.28. The fourth-order valence-corrected chi connectivity index (χ4v) is 3.33. The summed E-state index contributed by atoms with van der Waals surface area (Å²) < 4.78 is 0. The number of rotatable bonds is 7. The molecule has 1 heterocycles. The van der Waals surface area contributed by atoms with E-state index in [0.29, 0.717) is 25.4 Å². The summed E-state index contributed by atoms with van der Waals surface area (Å²) in [5.41, 5.74) is 8.50. The van der Waals surface area contributed by atoms with Crippen LogP contribution in [-0.2, 0) is 9.59 Å². The van der Waals surface area contributed by atoms with E-state index in [-0.39, 0.29) is 23.8 Å². The van der Waals surface area contributed by atoms with Crippen molar-refractivity contribution in [1.29, 1.82) is 0 Å². The average molecular weight is 345 g/mol. The Kier molecular flexibility index (Phi) is 6.59. The highest BCUT2D eigenvalue weighted by Crippen LogP contribution is 2.20. The third kappa shape index (κ3) is 4.82. The second-order valence-electron chi connectivity index (χ2n) is 7.55. The summed E-state index contributed by atoms with van der Waals surface area (Å²) in [4.78, 5) is 26.3. The number of hydrogen-bond acceptors (Lipinski definition) is 3. The Morgan fingerprint density at radius 1 is 1.16 bits per heavy atom. The SMILES string of the molecule is CC(C)c1ccc(C(N)CNC(=O)C(C(C)C)N2CCCC2=O)cc1. The maximum atomic E-state index is 12.6. The van der Waals surface area contributed by atoms with Gasteiger partial charge in [0.15, 0.2) is 0 Å². The van der Waals surface area contributed by atoms with E-state index in [1.165, 1.54) is 5.56 Å². The van der Waals surface area contributed by atoms with Gasteiger partial charge in [-0.1, -0.05) is 52.0 Å². The van der Waals surface area contributed by atoms with Crippen LogP contribution < -0.4 is 11.1 Å². The molecule has 1 aromatic rings. The maximum absolute atomic E-state index is 12.6. The van der Waals surface area contributed by atoms with E-state index in [4.69, 9.17) is 5.73 Å². The predicted octanol–water partition coefficient (Wildman–Crippen LogP) is 2.57. The zero-order valence-electron chi connectivity index (χ0n) is 15.8. The molecule has 0 saturated carbocycles. The van der Waals surface area contributed by atoms with Crippen molar-refractivity contribution in [2.75, 3.05) is 13.1 Å². The highest BCUT2D eigenvalue weighted by atomic mass is 16.2. The monoisotopic (exact) mass is 345 g/mol. The molecule has 5 nitrogen and oxygen atoms in total. The minimum absolute atomic E-state index is 0.0717. The van der Waals surface area contributed by atoms with Crippen molar-refractivity contribution in [2.24, 2.45) is 11.7 Å². The number of hydrogen-bond donors (Lipinski definition) is 2. The molecule has 2 atom stereocenters. The molecule has 138 valence electrons. The molecule has 0 aromatic heterocycles. The van der Waals surface area contributed by atoms with Gasteiger partial charge in [0.05, 0.1) is 0 Å². The molecule has 25 heavy (non-hydrogen) atoms. The second-order valence-corrected chi connectivity index (χ2v) is 7.55. The lowest BCUT2D eigenvalue weighted by Crippen LogP contribution is -2.51. The van der Waals surface area contributed by atoms with Crippen LogP contribution in [0, 0.1) is 5.92 Å². The van der Waals surface area contributed by atoms with E-state index in [2.05, 4.69) is 31.3 Å². The first kappa shape index (κ1) is 19.4. The lowest BCUT2D eigenvalue weighted by atomic mass is 9.99. The molecule has 0 radical (unpaired) electrons. The van der Waals surface area contributed by atoms with Crippen LogP contribution >= 0.6 is 0 Å². The molecule has 3 N–H and O–H groups in total. The largest absolute Gasteiger partial charge is 0.352 e. The fourth-order valence-electron chi connectivity index (χ4n) is 3.33. The number of nitrogens with zero attached hydrogens (tertiary/aromatic N) is 1. The van der Waals surface area contributed by atoms with E-state index < -0.39 is 6.04 Å². The van der Waals surface area contributed by atoms with E-state index >= 15 is 0 Å². The van der Waals surface area contributed by atoms with Crippen molar-refractivity contribution in [2.45, 2.75) is 58.5 Å². The van der Waals surface area contributed by atoms with Gasteiger partial charge in [-0.15, -0.1) is 0 Å². The summed E-state index contributed by atoms with van der Waals surface area (Å²) in [5.74, 6) is 0.514. The third-order valence-electron chi connectivity index (χ3n) is 4.87. The highest BCUT2D eigenvalue weighted by molar-refractivity contribution is 5.88. The van der Waals surface area contributed by atoms with Crippen molar-refractivity contribution in [1.82, 2.24) is 10.2 Å². The molecule has 0 aliphatic carbocycles. The van der Waals surface area contributed by atoms with Gasteiger partial charge in [-0.25, -0.2) is 0 Å². The Morgan fingerprint density at radius 3 is 2.24 bits per heavy atom. The van der Waals surface area contributed by atoms with Crippen LogP contribution in [0.3, 0.4) is 0 Å². The summed E-state index contributed by atoms with van der Waals surface area (Å²) >= 11 is 0. The van der Waals surface area contributed by atoms with Gasteiger partial charge in [0.2, 0.25) is 11.8 Å². The van der Waals surface area contributed by atoms with E-state index in [1.54, 1.807) is 4.90 Å². The van der Waals surface area contributed by atoms with Gasteiger partial charge in [0, 0.05) is 25.6 Å². The standard InChI is InChI=1S/C20H31N3O2/c1-13(2)15-7-9-16(10-8-15)17(21)12-22-20(25)19(14(3)4)23-11-5-6-18(23)24/h7-10,13-14,17,19H,5-6,11-12,21H2,1-4H3,(H,22,25). The number of benzene rings is 1. The number of nitrogens with two attached hydrogens (primary N) is 1. The maximum Gasteiger partial charge on any atom is 0.243 e. The minimum atomic E-state index is -0.412. The first-order valence-electron chi connectivity index (χ1n) is 9.24. The topological polar surface area (TPSA) is 75.4 Å². The number of carbonyl (C=O) groups is 2.